The van der Waals surface area contributed by atoms with E-state index in [4.69, 9.17) is 18.7 Å². The number of hydrogen-bond donors (Lipinski definition) is 0. The second-order valence-electron chi connectivity index (χ2n) is 11.4. The molecule has 9 aromatic rings. The van der Waals surface area contributed by atoms with Gasteiger partial charge < -0.3 is 0 Å². The van der Waals surface area contributed by atoms with Crippen LogP contribution in [0.4, 0.5) is 0 Å². The number of benzene rings is 8. The Hall–Kier alpha value is -5.99. The van der Waals surface area contributed by atoms with E-state index in [-0.39, 0.29) is 35.3 Å². The predicted octanol–water partition coefficient (Wildman–Crippen LogP) is 12.0. The average Bonchev–Trinajstić information content (AvgIpc) is 3.62. The van der Waals surface area contributed by atoms with Crippen LogP contribution in [0.25, 0.3) is 82.4 Å². The molecule has 8 aromatic carbocycles. The second kappa shape index (κ2) is 11.1. The minimum absolute atomic E-state index is 0.00119. The molecule has 0 saturated carbocycles. The Morgan fingerprint density at radius 2 is 1.15 bits per heavy atom. The van der Waals surface area contributed by atoms with E-state index in [2.05, 4.69) is 41.8 Å². The number of imidazole rings is 1. The Bertz CT molecular complexity index is 3130. The van der Waals surface area contributed by atoms with Gasteiger partial charge in [0.25, 0.3) is 0 Å². The van der Waals surface area contributed by atoms with Crippen molar-refractivity contribution >= 4 is 43.4 Å². The van der Waals surface area contributed by atoms with Crippen molar-refractivity contribution in [3.63, 3.8) is 0 Å². The molecule has 0 bridgehead atoms. The minimum Gasteiger partial charge on any atom is -0.296 e. The van der Waals surface area contributed by atoms with Crippen LogP contribution in [0.15, 0.2) is 164 Å². The SMILES string of the molecule is [2H]c1c([2H])c([2H])c(-c2ccc3c(-c4ccc(-n5c(CC)nc6ccccc65)c5ccccc45)c4ccccc4c(-c4c([2H])c([2H])c([2H])c([2H])c4[2H])c3c2)c([2H])c1[2H]. The highest BCUT2D eigenvalue weighted by Crippen LogP contribution is 2.47. The molecular weight excluding hydrogens is 569 g/mol. The molecule has 9 rings (SSSR count). The summed E-state index contributed by atoms with van der Waals surface area (Å²) in [4.78, 5) is 4.94. The molecule has 0 saturated heterocycles. The summed E-state index contributed by atoms with van der Waals surface area (Å²) in [5.41, 5.74) is 5.30. The van der Waals surface area contributed by atoms with Gasteiger partial charge in [-0.25, -0.2) is 4.98 Å². The summed E-state index contributed by atoms with van der Waals surface area (Å²) in [6, 6.07) is 28.9. The molecule has 0 radical (unpaired) electrons. The van der Waals surface area contributed by atoms with E-state index in [1.807, 2.05) is 60.7 Å². The minimum atomic E-state index is -0.512. The van der Waals surface area contributed by atoms with E-state index in [1.165, 1.54) is 0 Å². The maximum Gasteiger partial charge on any atom is 0.114 e. The normalized spacial score (nSPS) is 14.6. The van der Waals surface area contributed by atoms with Gasteiger partial charge in [-0.2, -0.15) is 0 Å². The molecule has 47 heavy (non-hydrogen) atoms. The van der Waals surface area contributed by atoms with Crippen LogP contribution in [0.3, 0.4) is 0 Å². The fourth-order valence-corrected chi connectivity index (χ4v) is 6.94. The molecule has 222 valence electrons. The van der Waals surface area contributed by atoms with Crippen molar-refractivity contribution in [3.8, 4) is 39.1 Å². The zero-order valence-electron chi connectivity index (χ0n) is 35.4. The van der Waals surface area contributed by atoms with E-state index in [9.17, 15) is 0 Å². The molecule has 0 N–H and O–H groups in total. The van der Waals surface area contributed by atoms with E-state index < -0.39 is 36.3 Å². The van der Waals surface area contributed by atoms with E-state index in [0.29, 0.717) is 27.3 Å². The molecule has 2 nitrogen and oxygen atoms in total. The molecule has 0 amide bonds. The molecule has 0 fully saturated rings. The summed E-state index contributed by atoms with van der Waals surface area (Å²) in [6.45, 7) is 2.09. The Morgan fingerprint density at radius 3 is 1.89 bits per heavy atom. The maximum atomic E-state index is 9.09. The molecule has 2 heteroatoms. The van der Waals surface area contributed by atoms with Gasteiger partial charge in [0, 0.05) is 11.8 Å². The standard InChI is InChI=1S/C45H32N2/c1-2-43-46-40-23-13-14-24-42(40)47(43)41-28-27-37(33-19-9-10-20-34(33)41)45-36-22-12-11-21-35(36)44(31-17-7-4-8-18-31)39-29-32(25-26-38(39)45)30-15-5-3-6-16-30/h3-29H,2H2,1H3/i3D,4D,5D,6D,7D,8D,15D,16D,17D,18D. The van der Waals surface area contributed by atoms with Crippen molar-refractivity contribution in [3.05, 3.63) is 169 Å². The van der Waals surface area contributed by atoms with Crippen LogP contribution in [0, 0.1) is 0 Å². The van der Waals surface area contributed by atoms with Crippen molar-refractivity contribution in [1.82, 2.24) is 9.55 Å². The van der Waals surface area contributed by atoms with Gasteiger partial charge in [0.15, 0.2) is 0 Å². The van der Waals surface area contributed by atoms with Crippen LogP contribution in [-0.4, -0.2) is 9.55 Å². The Kier molecular flexibility index (Phi) is 4.46. The highest BCUT2D eigenvalue weighted by Gasteiger charge is 2.21. The van der Waals surface area contributed by atoms with Crippen molar-refractivity contribution in [2.75, 3.05) is 0 Å². The summed E-state index contributed by atoms with van der Waals surface area (Å²) in [5.74, 6) is 0.924. The summed E-state index contributed by atoms with van der Waals surface area (Å²) < 4.78 is 88.5. The van der Waals surface area contributed by atoms with Gasteiger partial charge in [0.05, 0.1) is 30.4 Å². The maximum absolute atomic E-state index is 9.09. The van der Waals surface area contributed by atoms with Gasteiger partial charge in [-0.3, -0.25) is 4.57 Å². The van der Waals surface area contributed by atoms with Crippen LogP contribution >= 0.6 is 0 Å². The molecule has 0 atom stereocenters. The molecule has 0 unspecified atom stereocenters. The lowest BCUT2D eigenvalue weighted by molar-refractivity contribution is 0.913. The van der Waals surface area contributed by atoms with Crippen molar-refractivity contribution in [1.29, 1.82) is 0 Å². The fourth-order valence-electron chi connectivity index (χ4n) is 6.94. The Balaban J connectivity index is 1.45. The molecule has 0 aliphatic rings. The quantitative estimate of drug-likeness (QED) is 0.177. The van der Waals surface area contributed by atoms with Crippen molar-refractivity contribution < 1.29 is 13.7 Å². The molecule has 0 aliphatic carbocycles. The predicted molar refractivity (Wildman–Crippen MR) is 199 cm³/mol. The summed E-state index contributed by atoms with van der Waals surface area (Å²) >= 11 is 0. The van der Waals surface area contributed by atoms with Gasteiger partial charge >= 0.3 is 0 Å². The number of nitrogens with zero attached hydrogens (tertiary/aromatic N) is 2. The smallest absolute Gasteiger partial charge is 0.114 e. The average molecular weight is 611 g/mol. The first kappa shape index (κ1) is 18.9. The number of rotatable bonds is 5. The second-order valence-corrected chi connectivity index (χ2v) is 11.4. The van der Waals surface area contributed by atoms with Gasteiger partial charge in [-0.15, -0.1) is 0 Å². The van der Waals surface area contributed by atoms with E-state index in [1.54, 1.807) is 12.1 Å². The molecule has 0 spiro atoms. The molecule has 1 heterocycles. The molecule has 1 aromatic heterocycles. The van der Waals surface area contributed by atoms with Gasteiger partial charge in [0.1, 0.15) is 5.82 Å². The largest absolute Gasteiger partial charge is 0.296 e. The van der Waals surface area contributed by atoms with Crippen LogP contribution in [0.1, 0.15) is 26.5 Å². The van der Waals surface area contributed by atoms with Crippen molar-refractivity contribution in [2.45, 2.75) is 13.3 Å². The fraction of sp³-hybridized carbons (Fsp3) is 0.0444. The third kappa shape index (κ3) is 4.37. The van der Waals surface area contributed by atoms with Gasteiger partial charge in [0.2, 0.25) is 0 Å². The van der Waals surface area contributed by atoms with Crippen LogP contribution in [-0.2, 0) is 6.42 Å². The number of aromatic nitrogens is 2. The van der Waals surface area contributed by atoms with Gasteiger partial charge in [-0.1, -0.05) is 146 Å². The molecular formula is C45H32N2. The zero-order chi connectivity index (χ0) is 40.0. The third-order valence-corrected chi connectivity index (χ3v) is 8.92. The van der Waals surface area contributed by atoms with Crippen LogP contribution in [0.2, 0.25) is 0 Å². The number of para-hydroxylation sites is 2. The topological polar surface area (TPSA) is 17.8 Å². The number of hydrogen-bond acceptors (Lipinski definition) is 1. The Morgan fingerprint density at radius 1 is 0.532 bits per heavy atom. The summed E-state index contributed by atoms with van der Waals surface area (Å²) in [7, 11) is 0. The summed E-state index contributed by atoms with van der Waals surface area (Å²) in [6.07, 6.45) is 0.717. The first-order chi connectivity index (χ1) is 27.4. The number of fused-ring (bicyclic) bond motifs is 4. The first-order valence-electron chi connectivity index (χ1n) is 20.6. The van der Waals surface area contributed by atoms with Crippen molar-refractivity contribution in [2.24, 2.45) is 0 Å². The highest BCUT2D eigenvalue weighted by atomic mass is 15.1. The monoisotopic (exact) mass is 610 g/mol. The van der Waals surface area contributed by atoms with E-state index >= 15 is 0 Å². The van der Waals surface area contributed by atoms with Crippen LogP contribution < -0.4 is 0 Å². The lowest BCUT2D eigenvalue weighted by Gasteiger charge is -2.21. The van der Waals surface area contributed by atoms with Crippen LogP contribution in [0.5, 0.6) is 0 Å². The zero-order valence-corrected chi connectivity index (χ0v) is 25.4. The summed E-state index contributed by atoms with van der Waals surface area (Å²) in [5, 5.41) is 4.52. The molecule has 0 aliphatic heterocycles. The number of aryl methyl sites for hydroxylation is 1. The highest BCUT2D eigenvalue weighted by molar-refractivity contribution is 6.24. The third-order valence-electron chi connectivity index (χ3n) is 8.92. The lowest BCUT2D eigenvalue weighted by atomic mass is 9.83. The first-order valence-corrected chi connectivity index (χ1v) is 15.6. The van der Waals surface area contributed by atoms with Gasteiger partial charge in [-0.05, 0) is 84.6 Å². The Labute approximate surface area is 288 Å². The van der Waals surface area contributed by atoms with E-state index in [0.717, 1.165) is 56.3 Å². The lowest BCUT2D eigenvalue weighted by Crippen LogP contribution is -2.01.